The van der Waals surface area contributed by atoms with E-state index >= 15 is 0 Å². The standard InChI is InChI=1S/C11H17NO2/c1-5-12-7-8(3)10(9(12)4)11(13)14-6-2/h7H,5-6H2,1-4H3. The van der Waals surface area contributed by atoms with Crippen LogP contribution in [0.25, 0.3) is 0 Å². The molecule has 0 aliphatic heterocycles. The highest BCUT2D eigenvalue weighted by molar-refractivity contribution is 5.92. The molecule has 1 aromatic rings. The Morgan fingerprint density at radius 2 is 2.07 bits per heavy atom. The molecule has 0 atom stereocenters. The van der Waals surface area contributed by atoms with Crippen LogP contribution in [-0.4, -0.2) is 17.1 Å². The van der Waals surface area contributed by atoms with Crippen molar-refractivity contribution in [2.24, 2.45) is 0 Å². The minimum absolute atomic E-state index is 0.213. The van der Waals surface area contributed by atoms with Crippen molar-refractivity contribution < 1.29 is 9.53 Å². The molecular formula is C11H17NO2. The SMILES string of the molecule is CCOC(=O)c1c(C)cn(CC)c1C. The van der Waals surface area contributed by atoms with Crippen LogP contribution in [0.15, 0.2) is 6.20 Å². The number of rotatable bonds is 3. The first-order valence-corrected chi connectivity index (χ1v) is 4.95. The van der Waals surface area contributed by atoms with E-state index in [4.69, 9.17) is 4.74 Å². The third-order valence-electron chi connectivity index (χ3n) is 2.36. The van der Waals surface area contributed by atoms with Gasteiger partial charge in [0.25, 0.3) is 0 Å². The third-order valence-corrected chi connectivity index (χ3v) is 2.36. The highest BCUT2D eigenvalue weighted by atomic mass is 16.5. The van der Waals surface area contributed by atoms with Crippen molar-refractivity contribution in [2.45, 2.75) is 34.2 Å². The number of ether oxygens (including phenoxy) is 1. The Morgan fingerprint density at radius 1 is 1.43 bits per heavy atom. The van der Waals surface area contributed by atoms with Gasteiger partial charge in [-0.2, -0.15) is 0 Å². The first kappa shape index (κ1) is 10.8. The van der Waals surface area contributed by atoms with Crippen LogP contribution in [0, 0.1) is 13.8 Å². The second kappa shape index (κ2) is 4.31. The van der Waals surface area contributed by atoms with Crippen LogP contribution in [0.5, 0.6) is 0 Å². The molecule has 0 N–H and O–H groups in total. The first-order valence-electron chi connectivity index (χ1n) is 4.95. The Bertz CT molecular complexity index is 339. The van der Waals surface area contributed by atoms with Gasteiger partial charge in [0.2, 0.25) is 0 Å². The molecule has 1 heterocycles. The summed E-state index contributed by atoms with van der Waals surface area (Å²) in [5, 5.41) is 0. The van der Waals surface area contributed by atoms with Gasteiger partial charge in [0.05, 0.1) is 12.2 Å². The maximum atomic E-state index is 11.6. The fourth-order valence-corrected chi connectivity index (χ4v) is 1.66. The fraction of sp³-hybridized carbons (Fsp3) is 0.545. The minimum Gasteiger partial charge on any atom is -0.462 e. The molecule has 0 fully saturated rings. The Labute approximate surface area is 84.7 Å². The summed E-state index contributed by atoms with van der Waals surface area (Å²) in [7, 11) is 0. The molecule has 1 rings (SSSR count). The van der Waals surface area contributed by atoms with E-state index in [1.165, 1.54) is 0 Å². The normalized spacial score (nSPS) is 10.3. The lowest BCUT2D eigenvalue weighted by Gasteiger charge is -2.04. The minimum atomic E-state index is -0.213. The van der Waals surface area contributed by atoms with Gasteiger partial charge in [-0.3, -0.25) is 0 Å². The largest absolute Gasteiger partial charge is 0.462 e. The summed E-state index contributed by atoms with van der Waals surface area (Å²) in [6, 6.07) is 0. The lowest BCUT2D eigenvalue weighted by Crippen LogP contribution is -2.07. The zero-order valence-corrected chi connectivity index (χ0v) is 9.26. The summed E-state index contributed by atoms with van der Waals surface area (Å²) in [4.78, 5) is 11.6. The molecule has 0 aliphatic carbocycles. The molecule has 1 aromatic heterocycles. The predicted molar refractivity (Wildman–Crippen MR) is 55.5 cm³/mol. The molecule has 0 saturated heterocycles. The molecule has 3 heteroatoms. The van der Waals surface area contributed by atoms with E-state index in [1.807, 2.05) is 27.0 Å². The maximum Gasteiger partial charge on any atom is 0.340 e. The van der Waals surface area contributed by atoms with E-state index in [0.717, 1.165) is 17.8 Å². The maximum absolute atomic E-state index is 11.6. The van der Waals surface area contributed by atoms with E-state index in [1.54, 1.807) is 0 Å². The average Bonchev–Trinajstić information content (AvgIpc) is 2.41. The van der Waals surface area contributed by atoms with Gasteiger partial charge < -0.3 is 9.30 Å². The quantitative estimate of drug-likeness (QED) is 0.693. The summed E-state index contributed by atoms with van der Waals surface area (Å²) >= 11 is 0. The van der Waals surface area contributed by atoms with Gasteiger partial charge in [-0.25, -0.2) is 4.79 Å². The predicted octanol–water partition coefficient (Wildman–Crippen LogP) is 2.30. The Balaban J connectivity index is 3.07. The van der Waals surface area contributed by atoms with E-state index < -0.39 is 0 Å². The van der Waals surface area contributed by atoms with E-state index in [9.17, 15) is 4.79 Å². The summed E-state index contributed by atoms with van der Waals surface area (Å²) in [5.41, 5.74) is 2.69. The number of hydrogen-bond acceptors (Lipinski definition) is 2. The average molecular weight is 195 g/mol. The molecule has 0 aliphatic rings. The number of aryl methyl sites for hydroxylation is 2. The molecule has 0 spiro atoms. The number of nitrogens with zero attached hydrogens (tertiary/aromatic N) is 1. The zero-order chi connectivity index (χ0) is 10.7. The number of carbonyl (C=O) groups is 1. The van der Waals surface area contributed by atoms with Gasteiger partial charge in [0.1, 0.15) is 0 Å². The van der Waals surface area contributed by atoms with Crippen molar-refractivity contribution in [3.63, 3.8) is 0 Å². The van der Waals surface area contributed by atoms with E-state index in [2.05, 4.69) is 11.5 Å². The van der Waals surface area contributed by atoms with Gasteiger partial charge in [0, 0.05) is 18.4 Å². The first-order chi connectivity index (χ1) is 6.61. The Morgan fingerprint density at radius 3 is 2.50 bits per heavy atom. The van der Waals surface area contributed by atoms with Crippen molar-refractivity contribution in [1.29, 1.82) is 0 Å². The molecule has 0 aromatic carbocycles. The summed E-state index contributed by atoms with van der Waals surface area (Å²) in [5.74, 6) is -0.213. The molecule has 0 unspecified atom stereocenters. The van der Waals surface area contributed by atoms with Gasteiger partial charge >= 0.3 is 5.97 Å². The highest BCUT2D eigenvalue weighted by Crippen LogP contribution is 2.17. The van der Waals surface area contributed by atoms with Crippen LogP contribution in [0.4, 0.5) is 0 Å². The van der Waals surface area contributed by atoms with Crippen LogP contribution in [-0.2, 0) is 11.3 Å². The van der Waals surface area contributed by atoms with Crippen LogP contribution >= 0.6 is 0 Å². The van der Waals surface area contributed by atoms with E-state index in [-0.39, 0.29) is 5.97 Å². The van der Waals surface area contributed by atoms with Gasteiger partial charge in [-0.1, -0.05) is 0 Å². The van der Waals surface area contributed by atoms with Gasteiger partial charge in [0.15, 0.2) is 0 Å². The third kappa shape index (κ3) is 1.81. The van der Waals surface area contributed by atoms with Crippen molar-refractivity contribution in [1.82, 2.24) is 4.57 Å². The van der Waals surface area contributed by atoms with Crippen LogP contribution in [0.2, 0.25) is 0 Å². The molecule has 3 nitrogen and oxygen atoms in total. The van der Waals surface area contributed by atoms with Crippen molar-refractivity contribution in [3.05, 3.63) is 23.0 Å². The lowest BCUT2D eigenvalue weighted by molar-refractivity contribution is 0.0524. The smallest absolute Gasteiger partial charge is 0.340 e. The topological polar surface area (TPSA) is 31.2 Å². The summed E-state index contributed by atoms with van der Waals surface area (Å²) in [6.07, 6.45) is 1.99. The van der Waals surface area contributed by atoms with E-state index in [0.29, 0.717) is 12.2 Å². The monoisotopic (exact) mass is 195 g/mol. The number of esters is 1. The highest BCUT2D eigenvalue weighted by Gasteiger charge is 2.16. The number of hydrogen-bond donors (Lipinski definition) is 0. The molecule has 0 saturated carbocycles. The van der Waals surface area contributed by atoms with Crippen LogP contribution in [0.1, 0.15) is 35.5 Å². The fourth-order valence-electron chi connectivity index (χ4n) is 1.66. The molecular weight excluding hydrogens is 178 g/mol. The zero-order valence-electron chi connectivity index (χ0n) is 9.26. The Kier molecular flexibility index (Phi) is 3.33. The molecule has 78 valence electrons. The van der Waals surface area contributed by atoms with Crippen molar-refractivity contribution >= 4 is 5.97 Å². The molecule has 14 heavy (non-hydrogen) atoms. The lowest BCUT2D eigenvalue weighted by atomic mass is 10.2. The molecule has 0 amide bonds. The number of aromatic nitrogens is 1. The molecule has 0 bridgehead atoms. The summed E-state index contributed by atoms with van der Waals surface area (Å²) in [6.45, 7) is 9.07. The van der Waals surface area contributed by atoms with Crippen LogP contribution in [0.3, 0.4) is 0 Å². The van der Waals surface area contributed by atoms with Crippen molar-refractivity contribution in [3.8, 4) is 0 Å². The van der Waals surface area contributed by atoms with Crippen molar-refractivity contribution in [2.75, 3.05) is 6.61 Å². The Hall–Kier alpha value is -1.25. The number of carbonyl (C=O) groups excluding carboxylic acids is 1. The molecule has 0 radical (unpaired) electrons. The van der Waals surface area contributed by atoms with Gasteiger partial charge in [-0.05, 0) is 33.3 Å². The summed E-state index contributed by atoms with van der Waals surface area (Å²) < 4.78 is 7.05. The second-order valence-corrected chi connectivity index (χ2v) is 3.28. The van der Waals surface area contributed by atoms with Crippen LogP contribution < -0.4 is 0 Å². The van der Waals surface area contributed by atoms with Gasteiger partial charge in [-0.15, -0.1) is 0 Å². The second-order valence-electron chi connectivity index (χ2n) is 3.28.